The number of benzene rings is 2. The van der Waals surface area contributed by atoms with Gasteiger partial charge in [-0.2, -0.15) is 0 Å². The fraction of sp³-hybridized carbons (Fsp3) is 0.333. The molecule has 0 unspecified atom stereocenters. The molecule has 0 radical (unpaired) electrons. The van der Waals surface area contributed by atoms with Crippen LogP contribution in [0.25, 0.3) is 0 Å². The van der Waals surface area contributed by atoms with Crippen LogP contribution in [0.5, 0.6) is 5.75 Å². The van der Waals surface area contributed by atoms with E-state index in [-0.39, 0.29) is 12.2 Å². The Hall–Kier alpha value is -3.09. The molecule has 0 atom stereocenters. The number of hydrogen-bond acceptors (Lipinski definition) is 5. The highest BCUT2D eigenvalue weighted by Crippen LogP contribution is 2.22. The second kappa shape index (κ2) is 9.21. The zero-order chi connectivity index (χ0) is 19.9. The summed E-state index contributed by atoms with van der Waals surface area (Å²) in [5.41, 5.74) is 2.22. The van der Waals surface area contributed by atoms with Crippen molar-refractivity contribution in [3.8, 4) is 5.75 Å². The van der Waals surface area contributed by atoms with Gasteiger partial charge in [0.1, 0.15) is 0 Å². The van der Waals surface area contributed by atoms with Crippen molar-refractivity contribution in [1.82, 2.24) is 0 Å². The van der Waals surface area contributed by atoms with Gasteiger partial charge in [-0.3, -0.25) is 9.59 Å². The summed E-state index contributed by atoms with van der Waals surface area (Å²) in [5.74, 6) is -1.48. The van der Waals surface area contributed by atoms with Crippen LogP contribution in [0.4, 0.5) is 15.8 Å². The highest BCUT2D eigenvalue weighted by atomic mass is 19.1. The Morgan fingerprint density at radius 2 is 1.82 bits per heavy atom. The Bertz CT molecular complexity index is 833. The predicted octanol–water partition coefficient (Wildman–Crippen LogP) is 3.16. The molecule has 28 heavy (non-hydrogen) atoms. The first-order chi connectivity index (χ1) is 13.5. The van der Waals surface area contributed by atoms with E-state index in [9.17, 15) is 14.0 Å². The van der Waals surface area contributed by atoms with E-state index in [0.717, 1.165) is 18.8 Å². The summed E-state index contributed by atoms with van der Waals surface area (Å²) in [6.45, 7) is 1.71. The number of carbonyl (C=O) groups excluding carboxylic acids is 2. The molecule has 3 rings (SSSR count). The van der Waals surface area contributed by atoms with E-state index >= 15 is 0 Å². The van der Waals surface area contributed by atoms with Gasteiger partial charge in [-0.25, -0.2) is 4.39 Å². The quantitative estimate of drug-likeness (QED) is 0.741. The van der Waals surface area contributed by atoms with Crippen molar-refractivity contribution in [2.45, 2.75) is 19.3 Å². The number of anilines is 2. The van der Waals surface area contributed by atoms with Gasteiger partial charge in [-0.1, -0.05) is 6.07 Å². The molecule has 0 aromatic heterocycles. The van der Waals surface area contributed by atoms with Crippen LogP contribution >= 0.6 is 0 Å². The van der Waals surface area contributed by atoms with Crippen LogP contribution in [-0.2, 0) is 20.7 Å². The summed E-state index contributed by atoms with van der Waals surface area (Å²) >= 11 is 0. The van der Waals surface area contributed by atoms with Crippen LogP contribution in [0, 0.1) is 5.82 Å². The summed E-state index contributed by atoms with van der Waals surface area (Å²) in [6, 6.07) is 11.8. The van der Waals surface area contributed by atoms with Crippen LogP contribution in [-0.4, -0.2) is 38.7 Å². The minimum absolute atomic E-state index is 0.104. The van der Waals surface area contributed by atoms with Gasteiger partial charge in [0.25, 0.3) is 5.91 Å². The second-order valence-corrected chi connectivity index (χ2v) is 6.60. The smallest absolute Gasteiger partial charge is 0.310 e. The SMILES string of the molecule is COc1ccc(CC(=O)OCC(=O)Nc2ccc(N3CCCC3)cc2)cc1F. The lowest BCUT2D eigenvalue weighted by Crippen LogP contribution is -2.22. The number of nitrogens with zero attached hydrogens (tertiary/aromatic N) is 1. The molecule has 1 aliphatic heterocycles. The number of hydrogen-bond donors (Lipinski definition) is 1. The fourth-order valence-electron chi connectivity index (χ4n) is 3.11. The zero-order valence-electron chi connectivity index (χ0n) is 15.7. The largest absolute Gasteiger partial charge is 0.494 e. The Morgan fingerprint density at radius 1 is 1.11 bits per heavy atom. The fourth-order valence-corrected chi connectivity index (χ4v) is 3.11. The van der Waals surface area contributed by atoms with E-state index in [2.05, 4.69) is 10.2 Å². The molecule has 1 heterocycles. The molecule has 1 fully saturated rings. The maximum atomic E-state index is 13.6. The summed E-state index contributed by atoms with van der Waals surface area (Å²) in [7, 11) is 1.37. The van der Waals surface area contributed by atoms with Crippen LogP contribution in [0.15, 0.2) is 42.5 Å². The number of ether oxygens (including phenoxy) is 2. The molecule has 2 aromatic carbocycles. The highest BCUT2D eigenvalue weighted by molar-refractivity contribution is 5.93. The summed E-state index contributed by atoms with van der Waals surface area (Å²) in [6.07, 6.45) is 2.28. The lowest BCUT2D eigenvalue weighted by atomic mass is 10.1. The predicted molar refractivity (Wildman–Crippen MR) is 104 cm³/mol. The highest BCUT2D eigenvalue weighted by Gasteiger charge is 2.13. The molecule has 0 spiro atoms. The Morgan fingerprint density at radius 3 is 2.46 bits per heavy atom. The van der Waals surface area contributed by atoms with Crippen molar-refractivity contribution in [2.24, 2.45) is 0 Å². The lowest BCUT2D eigenvalue weighted by molar-refractivity contribution is -0.146. The van der Waals surface area contributed by atoms with E-state index in [4.69, 9.17) is 9.47 Å². The average Bonchev–Trinajstić information content (AvgIpc) is 3.22. The Balaban J connectivity index is 1.44. The number of carbonyl (C=O) groups is 2. The number of esters is 1. The van der Waals surface area contributed by atoms with E-state index in [1.54, 1.807) is 6.07 Å². The number of rotatable bonds is 7. The number of amides is 1. The van der Waals surface area contributed by atoms with Gasteiger partial charge < -0.3 is 19.7 Å². The van der Waals surface area contributed by atoms with Crippen molar-refractivity contribution in [3.63, 3.8) is 0 Å². The monoisotopic (exact) mass is 386 g/mol. The Labute approximate surface area is 163 Å². The van der Waals surface area contributed by atoms with Gasteiger partial charge in [0, 0.05) is 24.5 Å². The maximum Gasteiger partial charge on any atom is 0.310 e. The first-order valence-electron chi connectivity index (χ1n) is 9.18. The number of halogens is 1. The molecule has 1 aliphatic rings. The topological polar surface area (TPSA) is 67.9 Å². The first-order valence-corrected chi connectivity index (χ1v) is 9.18. The molecular formula is C21H23FN2O4. The maximum absolute atomic E-state index is 13.6. The van der Waals surface area contributed by atoms with E-state index in [0.29, 0.717) is 11.3 Å². The molecule has 1 saturated heterocycles. The number of methoxy groups -OCH3 is 1. The van der Waals surface area contributed by atoms with Crippen molar-refractivity contribution in [2.75, 3.05) is 37.0 Å². The Kier molecular flexibility index (Phi) is 6.47. The molecule has 7 heteroatoms. The van der Waals surface area contributed by atoms with Crippen LogP contribution in [0.3, 0.4) is 0 Å². The second-order valence-electron chi connectivity index (χ2n) is 6.60. The molecular weight excluding hydrogens is 363 g/mol. The van der Waals surface area contributed by atoms with Crippen LogP contribution in [0.1, 0.15) is 18.4 Å². The third-order valence-corrected chi connectivity index (χ3v) is 4.55. The van der Waals surface area contributed by atoms with E-state index in [1.807, 2.05) is 24.3 Å². The third kappa shape index (κ3) is 5.22. The van der Waals surface area contributed by atoms with E-state index < -0.39 is 24.3 Å². The molecule has 0 saturated carbocycles. The number of nitrogens with one attached hydrogen (secondary N) is 1. The van der Waals surface area contributed by atoms with Gasteiger partial charge in [0.2, 0.25) is 0 Å². The van der Waals surface area contributed by atoms with Crippen LogP contribution in [0.2, 0.25) is 0 Å². The van der Waals surface area contributed by atoms with Crippen molar-refractivity contribution < 1.29 is 23.5 Å². The summed E-state index contributed by atoms with van der Waals surface area (Å²) in [5, 5.41) is 2.69. The van der Waals surface area contributed by atoms with Crippen LogP contribution < -0.4 is 15.0 Å². The van der Waals surface area contributed by atoms with E-state index in [1.165, 1.54) is 32.1 Å². The average molecular weight is 386 g/mol. The third-order valence-electron chi connectivity index (χ3n) is 4.55. The zero-order valence-corrected chi connectivity index (χ0v) is 15.7. The van der Waals surface area contributed by atoms with Gasteiger partial charge in [-0.15, -0.1) is 0 Å². The molecule has 0 bridgehead atoms. The molecule has 148 valence electrons. The molecule has 1 N–H and O–H groups in total. The molecule has 6 nitrogen and oxygen atoms in total. The lowest BCUT2D eigenvalue weighted by Gasteiger charge is -2.17. The van der Waals surface area contributed by atoms with Gasteiger partial charge in [0.05, 0.1) is 13.5 Å². The summed E-state index contributed by atoms with van der Waals surface area (Å²) < 4.78 is 23.4. The normalized spacial score (nSPS) is 13.3. The van der Waals surface area contributed by atoms with Crippen molar-refractivity contribution in [1.29, 1.82) is 0 Å². The summed E-state index contributed by atoms with van der Waals surface area (Å²) in [4.78, 5) is 26.1. The van der Waals surface area contributed by atoms with Gasteiger partial charge in [0.15, 0.2) is 18.2 Å². The minimum atomic E-state index is -0.607. The molecule has 0 aliphatic carbocycles. The standard InChI is InChI=1S/C21H23FN2O4/c1-27-19-9-4-15(12-18(19)22)13-21(26)28-14-20(25)23-16-5-7-17(8-6-16)24-10-2-3-11-24/h4-9,12H,2-3,10-11,13-14H2,1H3,(H,23,25). The van der Waals surface area contributed by atoms with Crippen molar-refractivity contribution in [3.05, 3.63) is 53.8 Å². The van der Waals surface area contributed by atoms with Gasteiger partial charge >= 0.3 is 5.97 Å². The van der Waals surface area contributed by atoms with Crippen molar-refractivity contribution >= 4 is 23.3 Å². The first kappa shape index (κ1) is 19.7. The molecule has 1 amide bonds. The minimum Gasteiger partial charge on any atom is -0.494 e. The van der Waals surface area contributed by atoms with Gasteiger partial charge in [-0.05, 0) is 54.8 Å². The molecule has 2 aromatic rings.